The topological polar surface area (TPSA) is 74.2 Å². The summed E-state index contributed by atoms with van der Waals surface area (Å²) in [6, 6.07) is 5.44. The van der Waals surface area contributed by atoms with Gasteiger partial charge in [-0.1, -0.05) is 12.8 Å². The average Bonchev–Trinajstić information content (AvgIpc) is 3.09. The minimum atomic E-state index is 0.417. The highest BCUT2D eigenvalue weighted by molar-refractivity contribution is 5.71. The van der Waals surface area contributed by atoms with Gasteiger partial charge >= 0.3 is 0 Å². The number of nitrogen functional groups attached to an aromatic ring is 1. The van der Waals surface area contributed by atoms with Crippen molar-refractivity contribution in [2.24, 2.45) is 0 Å². The molecule has 19 heavy (non-hydrogen) atoms. The first-order valence-electron chi connectivity index (χ1n) is 6.55. The summed E-state index contributed by atoms with van der Waals surface area (Å²) in [5, 5.41) is 8.26. The molecule has 1 heterocycles. The summed E-state index contributed by atoms with van der Waals surface area (Å²) in [6.45, 7) is 0. The Morgan fingerprint density at radius 1 is 1.26 bits per heavy atom. The van der Waals surface area contributed by atoms with E-state index in [-0.39, 0.29) is 0 Å². The molecule has 1 fully saturated rings. The maximum absolute atomic E-state index is 5.98. The van der Waals surface area contributed by atoms with Crippen molar-refractivity contribution in [1.29, 1.82) is 0 Å². The Labute approximate surface area is 111 Å². The number of ether oxygens (including phenoxy) is 1. The summed E-state index contributed by atoms with van der Waals surface area (Å²) in [6.07, 6.45) is 4.76. The number of nitrogens with zero attached hydrogens (tertiary/aromatic N) is 2. The zero-order chi connectivity index (χ0) is 13.2. The van der Waals surface area contributed by atoms with Crippen LogP contribution in [0.1, 0.15) is 37.5 Å². The molecule has 2 N–H and O–H groups in total. The second-order valence-electron chi connectivity index (χ2n) is 4.88. The molecule has 1 saturated carbocycles. The van der Waals surface area contributed by atoms with Crippen LogP contribution in [-0.4, -0.2) is 17.3 Å². The molecule has 0 spiro atoms. The number of methoxy groups -OCH3 is 1. The van der Waals surface area contributed by atoms with E-state index in [4.69, 9.17) is 14.9 Å². The third-order valence-electron chi connectivity index (χ3n) is 3.63. The van der Waals surface area contributed by atoms with Crippen LogP contribution in [0.2, 0.25) is 0 Å². The van der Waals surface area contributed by atoms with Crippen molar-refractivity contribution in [3.05, 3.63) is 24.1 Å². The van der Waals surface area contributed by atoms with Gasteiger partial charge in [0.25, 0.3) is 0 Å². The quantitative estimate of drug-likeness (QED) is 0.858. The number of benzene rings is 1. The molecule has 0 saturated heterocycles. The van der Waals surface area contributed by atoms with Gasteiger partial charge in [-0.15, -0.1) is 10.2 Å². The van der Waals surface area contributed by atoms with Gasteiger partial charge in [-0.25, -0.2) is 0 Å². The van der Waals surface area contributed by atoms with E-state index in [1.54, 1.807) is 13.2 Å². The number of anilines is 1. The molecule has 1 aliphatic rings. The van der Waals surface area contributed by atoms with Crippen molar-refractivity contribution in [3.63, 3.8) is 0 Å². The maximum atomic E-state index is 5.98. The summed E-state index contributed by atoms with van der Waals surface area (Å²) < 4.78 is 10.9. The minimum Gasteiger partial charge on any atom is -0.497 e. The third kappa shape index (κ3) is 2.28. The molecular weight excluding hydrogens is 242 g/mol. The monoisotopic (exact) mass is 259 g/mol. The van der Waals surface area contributed by atoms with E-state index in [1.807, 2.05) is 12.1 Å². The van der Waals surface area contributed by atoms with Crippen molar-refractivity contribution < 1.29 is 9.15 Å². The molecule has 2 aromatic rings. The molecule has 1 aliphatic carbocycles. The Morgan fingerprint density at radius 2 is 2.05 bits per heavy atom. The van der Waals surface area contributed by atoms with E-state index >= 15 is 0 Å². The lowest BCUT2D eigenvalue weighted by molar-refractivity contribution is 0.415. The molecule has 0 bridgehead atoms. The molecule has 0 radical (unpaired) electrons. The van der Waals surface area contributed by atoms with Gasteiger partial charge in [-0.05, 0) is 25.0 Å². The Morgan fingerprint density at radius 3 is 2.74 bits per heavy atom. The van der Waals surface area contributed by atoms with Crippen LogP contribution in [0.5, 0.6) is 5.75 Å². The van der Waals surface area contributed by atoms with Crippen LogP contribution in [0.15, 0.2) is 22.6 Å². The van der Waals surface area contributed by atoms with Crippen LogP contribution in [-0.2, 0) is 0 Å². The van der Waals surface area contributed by atoms with Crippen LogP contribution >= 0.6 is 0 Å². The predicted octanol–water partition coefficient (Wildman–Crippen LogP) is 2.99. The van der Waals surface area contributed by atoms with Crippen LogP contribution in [0.25, 0.3) is 11.5 Å². The molecule has 5 heteroatoms. The number of hydrogen-bond acceptors (Lipinski definition) is 5. The number of hydrogen-bond donors (Lipinski definition) is 1. The first-order valence-corrected chi connectivity index (χ1v) is 6.55. The zero-order valence-electron chi connectivity index (χ0n) is 10.9. The van der Waals surface area contributed by atoms with Crippen LogP contribution in [0, 0.1) is 0 Å². The second kappa shape index (κ2) is 4.91. The lowest BCUT2D eigenvalue weighted by Crippen LogP contribution is -1.92. The first kappa shape index (κ1) is 12.0. The normalized spacial score (nSPS) is 15.8. The average molecular weight is 259 g/mol. The molecule has 1 aromatic heterocycles. The Balaban J connectivity index is 1.89. The lowest BCUT2D eigenvalue weighted by Gasteiger charge is -2.04. The van der Waals surface area contributed by atoms with E-state index < -0.39 is 0 Å². The van der Waals surface area contributed by atoms with Gasteiger partial charge in [0.2, 0.25) is 11.8 Å². The standard InChI is InChI=1S/C14H17N3O2/c1-18-10-6-7-11(12(15)8-10)14-17-16-13(19-14)9-4-2-3-5-9/h6-9H,2-5,15H2,1H3. The van der Waals surface area contributed by atoms with E-state index in [0.29, 0.717) is 17.5 Å². The SMILES string of the molecule is COc1ccc(-c2nnc(C3CCCC3)o2)c(N)c1. The van der Waals surface area contributed by atoms with Gasteiger partial charge in [0.15, 0.2) is 0 Å². The summed E-state index contributed by atoms with van der Waals surface area (Å²) in [5.41, 5.74) is 7.33. The number of aromatic nitrogens is 2. The lowest BCUT2D eigenvalue weighted by atomic mass is 10.1. The number of nitrogens with two attached hydrogens (primary N) is 1. The minimum absolute atomic E-state index is 0.417. The van der Waals surface area contributed by atoms with Crippen molar-refractivity contribution in [2.45, 2.75) is 31.6 Å². The molecule has 100 valence electrons. The van der Waals surface area contributed by atoms with E-state index in [2.05, 4.69) is 10.2 Å². The van der Waals surface area contributed by atoms with Crippen LogP contribution in [0.4, 0.5) is 5.69 Å². The summed E-state index contributed by atoms with van der Waals surface area (Å²) >= 11 is 0. The van der Waals surface area contributed by atoms with Gasteiger partial charge in [0, 0.05) is 17.7 Å². The van der Waals surface area contributed by atoms with E-state index in [1.165, 1.54) is 12.8 Å². The second-order valence-corrected chi connectivity index (χ2v) is 4.88. The van der Waals surface area contributed by atoms with Gasteiger partial charge in [0.05, 0.1) is 12.7 Å². The highest BCUT2D eigenvalue weighted by Gasteiger charge is 2.23. The highest BCUT2D eigenvalue weighted by Crippen LogP contribution is 2.35. The number of rotatable bonds is 3. The smallest absolute Gasteiger partial charge is 0.249 e. The fourth-order valence-corrected chi connectivity index (χ4v) is 2.54. The molecule has 5 nitrogen and oxygen atoms in total. The van der Waals surface area contributed by atoms with Gasteiger partial charge < -0.3 is 14.9 Å². The Kier molecular flexibility index (Phi) is 3.11. The molecule has 3 rings (SSSR count). The van der Waals surface area contributed by atoms with E-state index in [9.17, 15) is 0 Å². The summed E-state index contributed by atoms with van der Waals surface area (Å²) in [7, 11) is 1.61. The van der Waals surface area contributed by atoms with Gasteiger partial charge in [-0.2, -0.15) is 0 Å². The molecule has 0 amide bonds. The Hall–Kier alpha value is -2.04. The van der Waals surface area contributed by atoms with Gasteiger partial charge in [-0.3, -0.25) is 0 Å². The highest BCUT2D eigenvalue weighted by atomic mass is 16.5. The maximum Gasteiger partial charge on any atom is 0.249 e. The molecular formula is C14H17N3O2. The van der Waals surface area contributed by atoms with Crippen molar-refractivity contribution >= 4 is 5.69 Å². The largest absolute Gasteiger partial charge is 0.497 e. The third-order valence-corrected chi connectivity index (χ3v) is 3.63. The molecule has 0 unspecified atom stereocenters. The molecule has 1 aromatic carbocycles. The fraction of sp³-hybridized carbons (Fsp3) is 0.429. The molecule has 0 aliphatic heterocycles. The zero-order valence-corrected chi connectivity index (χ0v) is 10.9. The summed E-state index contributed by atoms with van der Waals surface area (Å²) in [4.78, 5) is 0. The van der Waals surface area contributed by atoms with E-state index in [0.717, 1.165) is 30.0 Å². The first-order chi connectivity index (χ1) is 9.28. The van der Waals surface area contributed by atoms with Gasteiger partial charge in [0.1, 0.15) is 5.75 Å². The fourth-order valence-electron chi connectivity index (χ4n) is 2.54. The van der Waals surface area contributed by atoms with Crippen LogP contribution < -0.4 is 10.5 Å². The van der Waals surface area contributed by atoms with Crippen molar-refractivity contribution in [3.8, 4) is 17.2 Å². The van der Waals surface area contributed by atoms with Crippen molar-refractivity contribution in [2.75, 3.05) is 12.8 Å². The Bertz CT molecular complexity index is 574. The molecule has 0 atom stereocenters. The van der Waals surface area contributed by atoms with Crippen LogP contribution in [0.3, 0.4) is 0 Å². The predicted molar refractivity (Wildman–Crippen MR) is 71.9 cm³/mol. The summed E-state index contributed by atoms with van der Waals surface area (Å²) in [5.74, 6) is 2.36. The van der Waals surface area contributed by atoms with Crippen molar-refractivity contribution in [1.82, 2.24) is 10.2 Å².